The fraction of sp³-hybridized carbons (Fsp3) is 0.714. The quantitative estimate of drug-likeness (QED) is 0.612. The molecule has 0 amide bonds. The third-order valence-corrected chi connectivity index (χ3v) is 3.28. The molecule has 5 heteroatoms. The van der Waals surface area contributed by atoms with Crippen molar-refractivity contribution in [3.8, 4) is 0 Å². The van der Waals surface area contributed by atoms with Gasteiger partial charge in [0.1, 0.15) is 0 Å². The summed E-state index contributed by atoms with van der Waals surface area (Å²) < 4.78 is 5.95. The number of nitrogens with zero attached hydrogens (tertiary/aromatic N) is 1. The second-order valence-corrected chi connectivity index (χ2v) is 6.41. The van der Waals surface area contributed by atoms with E-state index in [1.165, 1.54) is 0 Å². The van der Waals surface area contributed by atoms with Gasteiger partial charge in [-0.2, -0.15) is 0 Å². The smallest absolute Gasteiger partial charge is 0.220 e. The molecule has 4 nitrogen and oxygen atoms in total. The molecule has 1 aromatic rings. The van der Waals surface area contributed by atoms with Crippen molar-refractivity contribution in [1.82, 2.24) is 4.90 Å². The second-order valence-electron chi connectivity index (χ2n) is 6.00. The van der Waals surface area contributed by atoms with E-state index in [2.05, 4.69) is 31.0 Å². The number of rotatable bonds is 7. The first-order valence-corrected chi connectivity index (χ1v) is 6.96. The average molecular weight is 284 g/mol. The molecule has 0 unspecified atom stereocenters. The molecule has 1 N–H and O–H groups in total. The molecule has 0 heterocycles. The third-order valence-electron chi connectivity index (χ3n) is 2.89. The average Bonchev–Trinajstić information content (AvgIpc) is 2.28. The van der Waals surface area contributed by atoms with Gasteiger partial charge in [0.15, 0.2) is 0 Å². The minimum atomic E-state index is -0.0842. The van der Waals surface area contributed by atoms with Gasteiger partial charge in [-0.25, -0.2) is 0 Å². The van der Waals surface area contributed by atoms with E-state index in [-0.39, 0.29) is 10.8 Å². The summed E-state index contributed by atoms with van der Waals surface area (Å²) in [5, 5.41) is 3.15. The Bertz CT molecular complexity index is 482. The molecule has 0 saturated carbocycles. The van der Waals surface area contributed by atoms with Gasteiger partial charge in [-0.15, -0.1) is 0 Å². The minimum Gasteiger partial charge on any atom is -0.379 e. The van der Waals surface area contributed by atoms with Crippen LogP contribution in [0.3, 0.4) is 0 Å². The van der Waals surface area contributed by atoms with Crippen LogP contribution in [0, 0.1) is 4.51 Å². The Balaban J connectivity index is 2.41. The normalized spacial score (nSPS) is 12.3. The predicted molar refractivity (Wildman–Crippen MR) is 82.5 cm³/mol. The number of ether oxygens (including phenoxy) is 1. The predicted octanol–water partition coefficient (Wildman–Crippen LogP) is 1.94. The molecule has 1 rings (SSSR count). The number of hydrogen-bond donors (Lipinski definition) is 1. The Kier molecular flexibility index (Phi) is 5.64. The second kappa shape index (κ2) is 6.59. The van der Waals surface area contributed by atoms with Crippen molar-refractivity contribution < 1.29 is 4.74 Å². The molecule has 0 aliphatic rings. The summed E-state index contributed by atoms with van der Waals surface area (Å²) in [6, 6.07) is 0. The van der Waals surface area contributed by atoms with Crippen LogP contribution < -0.4 is 10.7 Å². The van der Waals surface area contributed by atoms with Gasteiger partial charge >= 0.3 is 0 Å². The van der Waals surface area contributed by atoms with Crippen LogP contribution in [0.1, 0.15) is 26.3 Å². The third kappa shape index (κ3) is 4.37. The zero-order valence-corrected chi connectivity index (χ0v) is 13.3. The largest absolute Gasteiger partial charge is 0.379 e. The Morgan fingerprint density at radius 3 is 2.42 bits per heavy atom. The van der Waals surface area contributed by atoms with Crippen LogP contribution >= 0.6 is 12.2 Å². The molecule has 0 saturated heterocycles. The van der Waals surface area contributed by atoms with Crippen LogP contribution in [-0.4, -0.2) is 45.3 Å². The van der Waals surface area contributed by atoms with E-state index in [9.17, 15) is 4.79 Å². The van der Waals surface area contributed by atoms with Gasteiger partial charge in [-0.1, -0.05) is 33.0 Å². The van der Waals surface area contributed by atoms with E-state index in [1.54, 1.807) is 0 Å². The lowest BCUT2D eigenvalue weighted by Gasteiger charge is -2.25. The van der Waals surface area contributed by atoms with E-state index in [0.717, 1.165) is 12.1 Å². The highest BCUT2D eigenvalue weighted by molar-refractivity contribution is 7.71. The van der Waals surface area contributed by atoms with E-state index < -0.39 is 0 Å². The zero-order chi connectivity index (χ0) is 14.6. The highest BCUT2D eigenvalue weighted by atomic mass is 32.1. The topological polar surface area (TPSA) is 41.6 Å². The van der Waals surface area contributed by atoms with Gasteiger partial charge in [-0.3, -0.25) is 4.79 Å². The van der Waals surface area contributed by atoms with E-state index >= 15 is 0 Å². The van der Waals surface area contributed by atoms with Crippen molar-refractivity contribution in [2.24, 2.45) is 0 Å². The lowest BCUT2D eigenvalue weighted by Crippen LogP contribution is -2.30. The number of anilines is 1. The van der Waals surface area contributed by atoms with Gasteiger partial charge in [0, 0.05) is 18.7 Å². The Morgan fingerprint density at radius 2 is 1.89 bits per heavy atom. The monoisotopic (exact) mass is 284 g/mol. The Morgan fingerprint density at radius 1 is 1.26 bits per heavy atom. The summed E-state index contributed by atoms with van der Waals surface area (Å²) in [4.78, 5) is 13.8. The van der Waals surface area contributed by atoms with Gasteiger partial charge in [0.05, 0.1) is 23.4 Å². The SMILES string of the molecule is CN(C)CCOCCNc1c(C(C)(C)C)c(=S)c1=O. The molecule has 1 aromatic carbocycles. The standard InChI is InChI=1S/C14H24N2O2S/c1-14(2,3)10-11(12(17)13(10)19)15-6-8-18-9-7-16(4)5/h15H,6-9H2,1-5H3. The van der Waals surface area contributed by atoms with Crippen molar-refractivity contribution >= 4 is 17.9 Å². The number of nitrogens with one attached hydrogen (secondary N) is 1. The van der Waals surface area contributed by atoms with E-state index in [4.69, 9.17) is 17.0 Å². The molecule has 108 valence electrons. The van der Waals surface area contributed by atoms with Crippen molar-refractivity contribution in [2.45, 2.75) is 26.2 Å². The summed E-state index contributed by atoms with van der Waals surface area (Å²) in [6.45, 7) is 9.03. The molecule has 0 aliphatic carbocycles. The molecule has 0 radical (unpaired) electrons. The van der Waals surface area contributed by atoms with Crippen molar-refractivity contribution in [1.29, 1.82) is 0 Å². The first-order chi connectivity index (χ1) is 8.75. The first kappa shape index (κ1) is 16.3. The van der Waals surface area contributed by atoms with Crippen LogP contribution in [0.4, 0.5) is 5.69 Å². The molecule has 0 fully saturated rings. The fourth-order valence-corrected chi connectivity index (χ4v) is 2.38. The number of likely N-dealkylation sites (N-methyl/N-ethyl adjacent to an activating group) is 1. The molecule has 0 aliphatic heterocycles. The summed E-state index contributed by atoms with van der Waals surface area (Å²) in [6.07, 6.45) is 0. The molecule has 0 bridgehead atoms. The van der Waals surface area contributed by atoms with E-state index in [0.29, 0.717) is 30.0 Å². The van der Waals surface area contributed by atoms with Crippen molar-refractivity contribution in [3.05, 3.63) is 20.3 Å². The highest BCUT2D eigenvalue weighted by Crippen LogP contribution is 2.30. The minimum absolute atomic E-state index is 0.0341. The lowest BCUT2D eigenvalue weighted by atomic mass is 9.83. The van der Waals surface area contributed by atoms with Gasteiger partial charge < -0.3 is 15.0 Å². The van der Waals surface area contributed by atoms with Gasteiger partial charge in [0.2, 0.25) is 5.43 Å². The molecule has 0 atom stereocenters. The summed E-state index contributed by atoms with van der Waals surface area (Å²) in [5.74, 6) is 0. The van der Waals surface area contributed by atoms with Crippen molar-refractivity contribution in [2.75, 3.05) is 45.7 Å². The van der Waals surface area contributed by atoms with Crippen LogP contribution in [0.25, 0.3) is 0 Å². The maximum atomic E-state index is 11.7. The number of hydrogen-bond acceptors (Lipinski definition) is 5. The lowest BCUT2D eigenvalue weighted by molar-refractivity contribution is 0.126. The molecule has 0 spiro atoms. The summed E-state index contributed by atoms with van der Waals surface area (Å²) >= 11 is 5.12. The van der Waals surface area contributed by atoms with Crippen LogP contribution in [0.2, 0.25) is 0 Å². The van der Waals surface area contributed by atoms with Crippen LogP contribution in [0.5, 0.6) is 0 Å². The summed E-state index contributed by atoms with van der Waals surface area (Å²) in [7, 11) is 4.02. The fourth-order valence-electron chi connectivity index (χ4n) is 1.87. The molecule has 0 aromatic heterocycles. The molecular formula is C14H24N2O2S. The van der Waals surface area contributed by atoms with Gasteiger partial charge in [-0.05, 0) is 19.5 Å². The van der Waals surface area contributed by atoms with Crippen molar-refractivity contribution in [3.63, 3.8) is 0 Å². The summed E-state index contributed by atoms with van der Waals surface area (Å²) in [5.41, 5.74) is 1.53. The first-order valence-electron chi connectivity index (χ1n) is 6.55. The molecule has 19 heavy (non-hydrogen) atoms. The molecular weight excluding hydrogens is 260 g/mol. The van der Waals surface area contributed by atoms with Crippen LogP contribution in [-0.2, 0) is 10.2 Å². The highest BCUT2D eigenvalue weighted by Gasteiger charge is 2.27. The Labute approximate surface area is 120 Å². The Hall–Kier alpha value is -0.780. The maximum Gasteiger partial charge on any atom is 0.220 e. The van der Waals surface area contributed by atoms with Crippen LogP contribution in [0.15, 0.2) is 4.79 Å². The van der Waals surface area contributed by atoms with E-state index in [1.807, 2.05) is 14.1 Å². The maximum absolute atomic E-state index is 11.7. The van der Waals surface area contributed by atoms with Gasteiger partial charge in [0.25, 0.3) is 0 Å². The zero-order valence-electron chi connectivity index (χ0n) is 12.5.